The summed E-state index contributed by atoms with van der Waals surface area (Å²) in [4.78, 5) is 0. The molecule has 0 aliphatic heterocycles. The van der Waals surface area contributed by atoms with E-state index in [0.29, 0.717) is 5.56 Å². The average Bonchev–Trinajstić information content (AvgIpc) is 2.95. The van der Waals surface area contributed by atoms with Crippen LogP contribution in [0, 0.1) is 0 Å². The smallest absolute Gasteiger partial charge is 0.261 e. The van der Waals surface area contributed by atoms with Crippen molar-refractivity contribution >= 4 is 0 Å². The van der Waals surface area contributed by atoms with E-state index in [9.17, 15) is 13.2 Å². The maximum atomic E-state index is 13.5. The highest BCUT2D eigenvalue weighted by Gasteiger charge is 2.37. The number of halogens is 3. The third kappa shape index (κ3) is 2.19. The Hall–Kier alpha value is -1.00. The van der Waals surface area contributed by atoms with E-state index in [1.165, 1.54) is 11.6 Å². The number of alkyl halides is 3. The van der Waals surface area contributed by atoms with Crippen LogP contribution in [-0.4, -0.2) is 9.78 Å². The molecule has 1 atom stereocenters. The standard InChI is InChI=1S/C12H17F3N2/c1-6(2)17-11(12(14)15)9(8-4-5-8)10(16-17)7(3)13/h6-8,12H,4-5H2,1-3H3. The summed E-state index contributed by atoms with van der Waals surface area (Å²) in [6, 6.07) is -0.177. The molecule has 0 saturated heterocycles. The van der Waals surface area contributed by atoms with E-state index in [2.05, 4.69) is 5.10 Å². The fraction of sp³-hybridized carbons (Fsp3) is 0.750. The number of rotatable bonds is 4. The fourth-order valence-electron chi connectivity index (χ4n) is 2.17. The van der Waals surface area contributed by atoms with Gasteiger partial charge < -0.3 is 0 Å². The number of hydrogen-bond acceptors (Lipinski definition) is 1. The van der Waals surface area contributed by atoms with Gasteiger partial charge in [0.25, 0.3) is 6.43 Å². The van der Waals surface area contributed by atoms with Crippen LogP contribution >= 0.6 is 0 Å². The Labute approximate surface area is 98.8 Å². The van der Waals surface area contributed by atoms with E-state index >= 15 is 0 Å². The van der Waals surface area contributed by atoms with E-state index in [1.807, 2.05) is 0 Å². The minimum atomic E-state index is -2.59. The van der Waals surface area contributed by atoms with Crippen molar-refractivity contribution in [1.82, 2.24) is 9.78 Å². The summed E-state index contributed by atoms with van der Waals surface area (Å²) in [5, 5.41) is 4.05. The van der Waals surface area contributed by atoms with Crippen LogP contribution < -0.4 is 0 Å². The number of aromatic nitrogens is 2. The normalized spacial score (nSPS) is 18.1. The van der Waals surface area contributed by atoms with Crippen LogP contribution in [0.3, 0.4) is 0 Å². The molecule has 1 aromatic rings. The van der Waals surface area contributed by atoms with Gasteiger partial charge in [0.05, 0.1) is 0 Å². The van der Waals surface area contributed by atoms with Crippen molar-refractivity contribution in [2.75, 3.05) is 0 Å². The van der Waals surface area contributed by atoms with Crippen molar-refractivity contribution < 1.29 is 13.2 Å². The minimum absolute atomic E-state index is 0.0815. The lowest BCUT2D eigenvalue weighted by Crippen LogP contribution is -2.08. The highest BCUT2D eigenvalue weighted by Crippen LogP contribution is 2.47. The maximum absolute atomic E-state index is 13.5. The van der Waals surface area contributed by atoms with Crippen LogP contribution in [0.25, 0.3) is 0 Å². The van der Waals surface area contributed by atoms with Crippen LogP contribution in [0.5, 0.6) is 0 Å². The molecule has 1 unspecified atom stereocenters. The van der Waals surface area contributed by atoms with E-state index < -0.39 is 12.6 Å². The molecule has 5 heteroatoms. The summed E-state index contributed by atoms with van der Waals surface area (Å²) in [7, 11) is 0. The molecule has 1 heterocycles. The quantitative estimate of drug-likeness (QED) is 0.774. The highest BCUT2D eigenvalue weighted by molar-refractivity contribution is 5.36. The van der Waals surface area contributed by atoms with Gasteiger partial charge in [0, 0.05) is 11.6 Å². The molecular weight excluding hydrogens is 229 g/mol. The summed E-state index contributed by atoms with van der Waals surface area (Å²) in [5.74, 6) is 0.0831. The molecule has 96 valence electrons. The summed E-state index contributed by atoms with van der Waals surface area (Å²) < 4.78 is 41.0. The average molecular weight is 246 g/mol. The topological polar surface area (TPSA) is 17.8 Å². The van der Waals surface area contributed by atoms with Crippen molar-refractivity contribution in [3.63, 3.8) is 0 Å². The first kappa shape index (κ1) is 12.5. The lowest BCUT2D eigenvalue weighted by Gasteiger charge is -2.11. The molecule has 0 aromatic carbocycles. The second kappa shape index (κ2) is 4.35. The lowest BCUT2D eigenvalue weighted by atomic mass is 10.1. The van der Waals surface area contributed by atoms with Crippen molar-refractivity contribution in [3.05, 3.63) is 17.0 Å². The molecule has 0 N–H and O–H groups in total. The molecule has 2 nitrogen and oxygen atoms in total. The molecule has 0 amide bonds. The predicted molar refractivity (Wildman–Crippen MR) is 59.1 cm³/mol. The Morgan fingerprint density at radius 2 is 1.76 bits per heavy atom. The van der Waals surface area contributed by atoms with Gasteiger partial charge in [-0.05, 0) is 39.5 Å². The van der Waals surface area contributed by atoms with Gasteiger partial charge in [-0.3, -0.25) is 4.68 Å². The van der Waals surface area contributed by atoms with Crippen molar-refractivity contribution in [1.29, 1.82) is 0 Å². The molecule has 1 aliphatic rings. The van der Waals surface area contributed by atoms with Gasteiger partial charge in [-0.25, -0.2) is 13.2 Å². The summed E-state index contributed by atoms with van der Waals surface area (Å²) >= 11 is 0. The van der Waals surface area contributed by atoms with Gasteiger partial charge in [-0.1, -0.05) is 0 Å². The molecule has 1 fully saturated rings. The van der Waals surface area contributed by atoms with Gasteiger partial charge in [-0.15, -0.1) is 0 Å². The van der Waals surface area contributed by atoms with Crippen molar-refractivity contribution in [2.24, 2.45) is 0 Å². The van der Waals surface area contributed by atoms with Gasteiger partial charge in [0.1, 0.15) is 17.6 Å². The summed E-state index contributed by atoms with van der Waals surface area (Å²) in [5.41, 5.74) is 0.585. The predicted octanol–water partition coefficient (Wildman–Crippen LogP) is 4.31. The lowest BCUT2D eigenvalue weighted by molar-refractivity contribution is 0.136. The van der Waals surface area contributed by atoms with Crippen LogP contribution in [-0.2, 0) is 0 Å². The minimum Gasteiger partial charge on any atom is -0.261 e. The van der Waals surface area contributed by atoms with Crippen LogP contribution in [0.2, 0.25) is 0 Å². The number of hydrogen-bond donors (Lipinski definition) is 0. The van der Waals surface area contributed by atoms with E-state index in [-0.39, 0.29) is 23.3 Å². The Morgan fingerprint density at radius 1 is 1.18 bits per heavy atom. The van der Waals surface area contributed by atoms with Gasteiger partial charge in [0.15, 0.2) is 0 Å². The molecule has 1 aromatic heterocycles. The number of nitrogens with zero attached hydrogens (tertiary/aromatic N) is 2. The molecule has 0 bridgehead atoms. The van der Waals surface area contributed by atoms with Gasteiger partial charge in [-0.2, -0.15) is 5.10 Å². The monoisotopic (exact) mass is 246 g/mol. The SMILES string of the molecule is CC(F)c1nn(C(C)C)c(C(F)F)c1C1CC1. The molecule has 1 aliphatic carbocycles. The second-order valence-electron chi connectivity index (χ2n) is 4.91. The van der Waals surface area contributed by atoms with E-state index in [4.69, 9.17) is 0 Å². The van der Waals surface area contributed by atoms with Crippen LogP contribution in [0.15, 0.2) is 0 Å². The van der Waals surface area contributed by atoms with E-state index in [0.717, 1.165) is 12.8 Å². The first-order valence-electron chi connectivity index (χ1n) is 5.97. The molecule has 0 radical (unpaired) electrons. The maximum Gasteiger partial charge on any atom is 0.280 e. The first-order valence-corrected chi connectivity index (χ1v) is 5.97. The molecule has 17 heavy (non-hydrogen) atoms. The van der Waals surface area contributed by atoms with Crippen LogP contribution in [0.1, 0.15) is 75.1 Å². The van der Waals surface area contributed by atoms with E-state index in [1.54, 1.807) is 13.8 Å². The zero-order valence-electron chi connectivity index (χ0n) is 10.3. The summed E-state index contributed by atoms with van der Waals surface area (Å²) in [6.45, 7) is 4.92. The second-order valence-corrected chi connectivity index (χ2v) is 4.91. The molecule has 2 rings (SSSR count). The zero-order valence-corrected chi connectivity index (χ0v) is 10.3. The molecular formula is C12H17F3N2. The van der Waals surface area contributed by atoms with Gasteiger partial charge >= 0.3 is 0 Å². The summed E-state index contributed by atoms with van der Waals surface area (Å²) in [6.07, 6.45) is -2.15. The molecule has 0 spiro atoms. The third-order valence-corrected chi connectivity index (χ3v) is 3.07. The Balaban J connectivity index is 2.57. The molecule has 1 saturated carbocycles. The zero-order chi connectivity index (χ0) is 12.7. The first-order chi connectivity index (χ1) is 7.93. The Kier molecular flexibility index (Phi) is 3.19. The van der Waals surface area contributed by atoms with Crippen molar-refractivity contribution in [2.45, 2.75) is 58.2 Å². The van der Waals surface area contributed by atoms with Gasteiger partial charge in [0.2, 0.25) is 0 Å². The third-order valence-electron chi connectivity index (χ3n) is 3.07. The Morgan fingerprint density at radius 3 is 2.12 bits per heavy atom. The Bertz CT molecular complexity index is 378. The highest BCUT2D eigenvalue weighted by atomic mass is 19.3. The van der Waals surface area contributed by atoms with Crippen LogP contribution in [0.4, 0.5) is 13.2 Å². The largest absolute Gasteiger partial charge is 0.280 e. The van der Waals surface area contributed by atoms with Crippen molar-refractivity contribution in [3.8, 4) is 0 Å². The fourth-order valence-corrected chi connectivity index (χ4v) is 2.17.